The minimum atomic E-state index is 0.131. The van der Waals surface area contributed by atoms with Crippen molar-refractivity contribution in [2.24, 2.45) is 0 Å². The number of aliphatic hydroxyl groups is 1. The third-order valence-corrected chi connectivity index (χ3v) is 2.83. The molecule has 4 heteroatoms. The molecular weight excluding hydrogens is 216 g/mol. The lowest BCUT2D eigenvalue weighted by molar-refractivity contribution is 0.0465. The van der Waals surface area contributed by atoms with Crippen molar-refractivity contribution in [2.45, 2.75) is 52.2 Å². The van der Waals surface area contributed by atoms with Crippen LogP contribution >= 0.6 is 0 Å². The van der Waals surface area contributed by atoms with Gasteiger partial charge in [-0.15, -0.1) is 0 Å². The van der Waals surface area contributed by atoms with Crippen LogP contribution in [0.25, 0.3) is 0 Å². The second-order valence-electron chi connectivity index (χ2n) is 4.27. The molecule has 1 unspecified atom stereocenters. The Balaban J connectivity index is 2.24. The van der Waals surface area contributed by atoms with Crippen molar-refractivity contribution >= 4 is 0 Å². The molecule has 0 aromatic carbocycles. The summed E-state index contributed by atoms with van der Waals surface area (Å²) in [4.78, 5) is 0. The van der Waals surface area contributed by atoms with Crippen LogP contribution in [0.2, 0.25) is 0 Å². The number of rotatable bonds is 9. The number of nitrogens with zero attached hydrogens (tertiary/aromatic N) is 2. The Morgan fingerprint density at radius 3 is 2.94 bits per heavy atom. The van der Waals surface area contributed by atoms with E-state index in [1.165, 1.54) is 12.0 Å². The number of ether oxygens (including phenoxy) is 1. The van der Waals surface area contributed by atoms with Crippen molar-refractivity contribution in [3.8, 4) is 0 Å². The van der Waals surface area contributed by atoms with Crippen molar-refractivity contribution in [1.29, 1.82) is 0 Å². The summed E-state index contributed by atoms with van der Waals surface area (Å²) in [7, 11) is 0. The molecule has 0 aliphatic rings. The van der Waals surface area contributed by atoms with E-state index in [2.05, 4.69) is 18.9 Å². The summed E-state index contributed by atoms with van der Waals surface area (Å²) < 4.78 is 7.58. The fourth-order valence-electron chi connectivity index (χ4n) is 1.83. The van der Waals surface area contributed by atoms with Crippen LogP contribution in [0.5, 0.6) is 0 Å². The quantitative estimate of drug-likeness (QED) is 0.718. The number of hydrogen-bond donors (Lipinski definition) is 1. The lowest BCUT2D eigenvalue weighted by atomic mass is 10.1. The van der Waals surface area contributed by atoms with E-state index in [9.17, 15) is 0 Å². The molecule has 1 aromatic rings. The van der Waals surface area contributed by atoms with E-state index in [0.717, 1.165) is 25.9 Å². The summed E-state index contributed by atoms with van der Waals surface area (Å²) in [5.74, 6) is 0. The van der Waals surface area contributed by atoms with Crippen LogP contribution in [0.3, 0.4) is 0 Å². The molecule has 0 spiro atoms. The summed E-state index contributed by atoms with van der Waals surface area (Å²) in [6.07, 6.45) is 8.50. The van der Waals surface area contributed by atoms with Gasteiger partial charge in [0.05, 0.1) is 32.1 Å². The molecule has 0 aliphatic carbocycles. The minimum absolute atomic E-state index is 0.131. The van der Waals surface area contributed by atoms with Crippen molar-refractivity contribution in [3.63, 3.8) is 0 Å². The first-order valence-corrected chi connectivity index (χ1v) is 6.53. The first-order valence-electron chi connectivity index (χ1n) is 6.53. The molecule has 17 heavy (non-hydrogen) atoms. The summed E-state index contributed by atoms with van der Waals surface area (Å²) in [6.45, 7) is 5.80. The number of aliphatic hydroxyl groups excluding tert-OH is 1. The Morgan fingerprint density at radius 2 is 2.29 bits per heavy atom. The third-order valence-electron chi connectivity index (χ3n) is 2.83. The first kappa shape index (κ1) is 14.2. The molecule has 0 saturated carbocycles. The van der Waals surface area contributed by atoms with Crippen molar-refractivity contribution < 1.29 is 9.84 Å². The SMILES string of the molecule is CCCC(CC)OCCc1cnn(CCO)c1. The zero-order valence-electron chi connectivity index (χ0n) is 10.9. The largest absolute Gasteiger partial charge is 0.394 e. The second kappa shape index (κ2) is 8.25. The molecule has 0 radical (unpaired) electrons. The second-order valence-corrected chi connectivity index (χ2v) is 4.27. The van der Waals surface area contributed by atoms with Gasteiger partial charge in [-0.25, -0.2) is 0 Å². The van der Waals surface area contributed by atoms with Gasteiger partial charge in [0.2, 0.25) is 0 Å². The van der Waals surface area contributed by atoms with Gasteiger partial charge in [-0.2, -0.15) is 5.10 Å². The topological polar surface area (TPSA) is 47.3 Å². The van der Waals surface area contributed by atoms with Crippen LogP contribution in [0.4, 0.5) is 0 Å². The molecule has 1 rings (SSSR count). The van der Waals surface area contributed by atoms with Crippen molar-refractivity contribution in [2.75, 3.05) is 13.2 Å². The van der Waals surface area contributed by atoms with Crippen molar-refractivity contribution in [1.82, 2.24) is 9.78 Å². The number of aromatic nitrogens is 2. The molecule has 1 aromatic heterocycles. The highest BCUT2D eigenvalue weighted by Crippen LogP contribution is 2.07. The predicted molar refractivity (Wildman–Crippen MR) is 68.0 cm³/mol. The van der Waals surface area contributed by atoms with Gasteiger partial charge in [-0.1, -0.05) is 20.3 Å². The van der Waals surface area contributed by atoms with Gasteiger partial charge in [0.15, 0.2) is 0 Å². The zero-order valence-corrected chi connectivity index (χ0v) is 10.9. The molecule has 0 aliphatic heterocycles. The Labute approximate surface area is 104 Å². The van der Waals surface area contributed by atoms with Crippen LogP contribution in [0.15, 0.2) is 12.4 Å². The minimum Gasteiger partial charge on any atom is -0.394 e. The first-order chi connectivity index (χ1) is 8.30. The summed E-state index contributed by atoms with van der Waals surface area (Å²) in [5.41, 5.74) is 1.17. The van der Waals surface area contributed by atoms with E-state index >= 15 is 0 Å². The summed E-state index contributed by atoms with van der Waals surface area (Å²) in [5, 5.41) is 12.9. The normalized spacial score (nSPS) is 12.9. The van der Waals surface area contributed by atoms with Gasteiger partial charge in [-0.05, 0) is 24.8 Å². The molecule has 1 N–H and O–H groups in total. The molecule has 98 valence electrons. The maximum atomic E-state index is 8.78. The molecule has 0 amide bonds. The van der Waals surface area contributed by atoms with Crippen LogP contribution in [0, 0.1) is 0 Å². The van der Waals surface area contributed by atoms with Gasteiger partial charge < -0.3 is 9.84 Å². The molecule has 0 fully saturated rings. The van der Waals surface area contributed by atoms with Gasteiger partial charge in [0.1, 0.15) is 0 Å². The summed E-state index contributed by atoms with van der Waals surface area (Å²) >= 11 is 0. The molecule has 1 heterocycles. The average Bonchev–Trinajstić information content (AvgIpc) is 2.76. The Bertz CT molecular complexity index is 299. The van der Waals surface area contributed by atoms with Crippen LogP contribution in [0.1, 0.15) is 38.7 Å². The van der Waals surface area contributed by atoms with E-state index in [-0.39, 0.29) is 6.61 Å². The highest BCUT2D eigenvalue weighted by Gasteiger charge is 2.05. The Morgan fingerprint density at radius 1 is 1.47 bits per heavy atom. The van der Waals surface area contributed by atoms with Crippen molar-refractivity contribution in [3.05, 3.63) is 18.0 Å². The fourth-order valence-corrected chi connectivity index (χ4v) is 1.83. The van der Waals surface area contributed by atoms with Gasteiger partial charge in [0, 0.05) is 6.20 Å². The maximum absolute atomic E-state index is 8.78. The third kappa shape index (κ3) is 5.33. The lowest BCUT2D eigenvalue weighted by Gasteiger charge is -2.14. The van der Waals surface area contributed by atoms with Crippen LogP contribution in [-0.2, 0) is 17.7 Å². The van der Waals surface area contributed by atoms with Crippen LogP contribution < -0.4 is 0 Å². The van der Waals surface area contributed by atoms with E-state index in [4.69, 9.17) is 9.84 Å². The molecule has 1 atom stereocenters. The van der Waals surface area contributed by atoms with Gasteiger partial charge in [-0.3, -0.25) is 4.68 Å². The van der Waals surface area contributed by atoms with Crippen LogP contribution in [-0.4, -0.2) is 34.2 Å². The smallest absolute Gasteiger partial charge is 0.0640 e. The fraction of sp³-hybridized carbons (Fsp3) is 0.769. The van der Waals surface area contributed by atoms with E-state index < -0.39 is 0 Å². The standard InChI is InChI=1S/C13H24N2O2/c1-3-5-13(4-2)17-9-6-12-10-14-15(11-12)7-8-16/h10-11,13,16H,3-9H2,1-2H3. The van der Waals surface area contributed by atoms with E-state index in [1.54, 1.807) is 4.68 Å². The average molecular weight is 240 g/mol. The monoisotopic (exact) mass is 240 g/mol. The van der Waals surface area contributed by atoms with E-state index in [0.29, 0.717) is 12.6 Å². The molecular formula is C13H24N2O2. The molecule has 4 nitrogen and oxygen atoms in total. The lowest BCUT2D eigenvalue weighted by Crippen LogP contribution is -2.13. The molecule has 0 saturated heterocycles. The highest BCUT2D eigenvalue weighted by atomic mass is 16.5. The Kier molecular flexibility index (Phi) is 6.89. The predicted octanol–water partition coefficient (Wildman–Crippen LogP) is 2.01. The summed E-state index contributed by atoms with van der Waals surface area (Å²) in [6, 6.07) is 0. The van der Waals surface area contributed by atoms with Gasteiger partial charge in [0.25, 0.3) is 0 Å². The Hall–Kier alpha value is -0.870. The number of hydrogen-bond acceptors (Lipinski definition) is 3. The van der Waals surface area contributed by atoms with Gasteiger partial charge >= 0.3 is 0 Å². The van der Waals surface area contributed by atoms with E-state index in [1.807, 2.05) is 12.4 Å². The zero-order chi connectivity index (χ0) is 12.5. The highest BCUT2D eigenvalue weighted by molar-refractivity contribution is 5.03. The molecule has 0 bridgehead atoms. The maximum Gasteiger partial charge on any atom is 0.0640 e.